The second kappa shape index (κ2) is 5.19. The molecule has 1 aromatic heterocycles. The molecule has 0 aliphatic carbocycles. The minimum absolute atomic E-state index is 0.293. The molecule has 5 heteroatoms. The first-order chi connectivity index (χ1) is 9.04. The first-order valence-electron chi connectivity index (χ1n) is 6.00. The average molecular weight is 259 g/mol. The summed E-state index contributed by atoms with van der Waals surface area (Å²) >= 11 is 0. The van der Waals surface area contributed by atoms with Gasteiger partial charge in [0, 0.05) is 12.8 Å². The highest BCUT2D eigenvalue weighted by molar-refractivity contribution is 5.30. The van der Waals surface area contributed by atoms with Crippen molar-refractivity contribution in [3.05, 3.63) is 47.4 Å². The number of aryl methyl sites for hydroxylation is 1. The van der Waals surface area contributed by atoms with E-state index in [-0.39, 0.29) is 5.82 Å². The molecule has 98 valence electrons. The van der Waals surface area contributed by atoms with Gasteiger partial charge in [-0.2, -0.15) is 10.2 Å². The van der Waals surface area contributed by atoms with Crippen molar-refractivity contribution in [1.29, 1.82) is 5.26 Å². The summed E-state index contributed by atoms with van der Waals surface area (Å²) in [7, 11) is 0. The fraction of sp³-hybridized carbons (Fsp3) is 0.357. The Hall–Kier alpha value is -2.22. The van der Waals surface area contributed by atoms with Crippen LogP contribution in [0.4, 0.5) is 4.39 Å². The molecule has 2 rings (SSSR count). The largest absolute Gasteiger partial charge is 0.339 e. The van der Waals surface area contributed by atoms with Gasteiger partial charge in [-0.25, -0.2) is 4.39 Å². The zero-order valence-electron chi connectivity index (χ0n) is 10.9. The highest BCUT2D eigenvalue weighted by Crippen LogP contribution is 2.29. The van der Waals surface area contributed by atoms with Crippen LogP contribution in [-0.2, 0) is 11.8 Å². The van der Waals surface area contributed by atoms with E-state index in [2.05, 4.69) is 10.1 Å². The van der Waals surface area contributed by atoms with Crippen LogP contribution in [0.5, 0.6) is 0 Å². The summed E-state index contributed by atoms with van der Waals surface area (Å²) in [6, 6.07) is 8.37. The molecule has 1 heterocycles. The van der Waals surface area contributed by atoms with Crippen molar-refractivity contribution in [1.82, 2.24) is 10.1 Å². The second-order valence-electron chi connectivity index (χ2n) is 4.81. The van der Waals surface area contributed by atoms with E-state index in [1.54, 1.807) is 6.07 Å². The highest BCUT2D eigenvalue weighted by Gasteiger charge is 2.29. The lowest BCUT2D eigenvalue weighted by Gasteiger charge is -2.20. The minimum Gasteiger partial charge on any atom is -0.339 e. The number of hydrogen-bond acceptors (Lipinski definition) is 4. The van der Waals surface area contributed by atoms with Crippen molar-refractivity contribution in [2.24, 2.45) is 0 Å². The first kappa shape index (κ1) is 13.2. The molecule has 0 saturated carbocycles. The van der Waals surface area contributed by atoms with E-state index in [4.69, 9.17) is 9.78 Å². The predicted molar refractivity (Wildman–Crippen MR) is 66.8 cm³/mol. The molecule has 0 N–H and O–H groups in total. The van der Waals surface area contributed by atoms with Gasteiger partial charge >= 0.3 is 0 Å². The van der Waals surface area contributed by atoms with E-state index in [0.717, 1.165) is 5.56 Å². The standard InChI is InChI=1S/C14H14FN3O/c1-14(2,10-5-3-6-11(15)9-10)13-17-12(19-18-13)7-4-8-16/h3,5-6,9H,4,7H2,1-2H3. The molecule has 0 fully saturated rings. The Balaban J connectivity index is 2.29. The lowest BCUT2D eigenvalue weighted by molar-refractivity contribution is 0.366. The fourth-order valence-electron chi connectivity index (χ4n) is 1.78. The summed E-state index contributed by atoms with van der Waals surface area (Å²) in [6.07, 6.45) is 0.769. The van der Waals surface area contributed by atoms with Crippen LogP contribution in [0.15, 0.2) is 28.8 Å². The zero-order valence-corrected chi connectivity index (χ0v) is 10.9. The maximum absolute atomic E-state index is 13.3. The Labute approximate surface area is 110 Å². The van der Waals surface area contributed by atoms with Crippen LogP contribution in [0.1, 0.15) is 37.5 Å². The predicted octanol–water partition coefficient (Wildman–Crippen LogP) is 2.99. The Morgan fingerprint density at radius 2 is 2.21 bits per heavy atom. The number of benzene rings is 1. The molecule has 0 aliphatic rings. The van der Waals surface area contributed by atoms with Crippen LogP contribution in [0, 0.1) is 17.1 Å². The fourth-order valence-corrected chi connectivity index (χ4v) is 1.78. The van der Waals surface area contributed by atoms with Crippen molar-refractivity contribution in [3.8, 4) is 6.07 Å². The number of nitriles is 1. The zero-order chi connectivity index (χ0) is 13.9. The molecule has 2 aromatic rings. The topological polar surface area (TPSA) is 62.7 Å². The number of halogens is 1. The number of rotatable bonds is 4. The summed E-state index contributed by atoms with van der Waals surface area (Å²) in [5.74, 6) is 0.630. The van der Waals surface area contributed by atoms with Gasteiger partial charge in [0.25, 0.3) is 0 Å². The third-order valence-electron chi connectivity index (χ3n) is 3.02. The second-order valence-corrected chi connectivity index (χ2v) is 4.81. The lowest BCUT2D eigenvalue weighted by Crippen LogP contribution is -2.21. The van der Waals surface area contributed by atoms with Crippen molar-refractivity contribution < 1.29 is 8.91 Å². The molecule has 0 bridgehead atoms. The van der Waals surface area contributed by atoms with E-state index in [0.29, 0.717) is 24.6 Å². The van der Waals surface area contributed by atoms with Gasteiger partial charge in [-0.05, 0) is 31.5 Å². The van der Waals surface area contributed by atoms with E-state index in [1.165, 1.54) is 12.1 Å². The van der Waals surface area contributed by atoms with Crippen molar-refractivity contribution in [2.45, 2.75) is 32.1 Å². The SMILES string of the molecule is CC(C)(c1cccc(F)c1)c1noc(CCC#N)n1. The summed E-state index contributed by atoms with van der Waals surface area (Å²) in [6.45, 7) is 3.81. The maximum Gasteiger partial charge on any atom is 0.227 e. The minimum atomic E-state index is -0.545. The molecule has 4 nitrogen and oxygen atoms in total. The van der Waals surface area contributed by atoms with Gasteiger partial charge in [0.15, 0.2) is 5.82 Å². The van der Waals surface area contributed by atoms with E-state index < -0.39 is 5.41 Å². The van der Waals surface area contributed by atoms with Gasteiger partial charge in [0.05, 0.1) is 11.5 Å². The third kappa shape index (κ3) is 2.79. The normalized spacial score (nSPS) is 11.3. The molecule has 19 heavy (non-hydrogen) atoms. The summed E-state index contributed by atoms with van der Waals surface area (Å²) < 4.78 is 18.4. The van der Waals surface area contributed by atoms with Gasteiger partial charge in [-0.3, -0.25) is 0 Å². The molecule has 0 amide bonds. The number of nitrogens with zero attached hydrogens (tertiary/aromatic N) is 3. The molecule has 0 spiro atoms. The Kier molecular flexibility index (Phi) is 3.61. The molecule has 1 aromatic carbocycles. The van der Waals surface area contributed by atoms with Gasteiger partial charge < -0.3 is 4.52 Å². The summed E-state index contributed by atoms with van der Waals surface area (Å²) in [4.78, 5) is 4.27. The van der Waals surface area contributed by atoms with E-state index in [9.17, 15) is 4.39 Å². The average Bonchev–Trinajstić information content (AvgIpc) is 2.86. The monoisotopic (exact) mass is 259 g/mol. The molecule has 0 saturated heterocycles. The van der Waals surface area contributed by atoms with Gasteiger partial charge in [-0.15, -0.1) is 0 Å². The lowest BCUT2D eigenvalue weighted by atomic mass is 9.84. The van der Waals surface area contributed by atoms with Gasteiger partial charge in [-0.1, -0.05) is 17.3 Å². The Morgan fingerprint density at radius 1 is 1.42 bits per heavy atom. The molecular weight excluding hydrogens is 245 g/mol. The third-order valence-corrected chi connectivity index (χ3v) is 3.02. The van der Waals surface area contributed by atoms with Gasteiger partial charge in [0.2, 0.25) is 5.89 Å². The molecule has 0 aliphatic heterocycles. The van der Waals surface area contributed by atoms with Crippen molar-refractivity contribution in [3.63, 3.8) is 0 Å². The molecule has 0 radical (unpaired) electrons. The van der Waals surface area contributed by atoms with Crippen LogP contribution in [0.3, 0.4) is 0 Å². The van der Waals surface area contributed by atoms with Crippen LogP contribution < -0.4 is 0 Å². The first-order valence-corrected chi connectivity index (χ1v) is 6.00. The molecular formula is C14H14FN3O. The van der Waals surface area contributed by atoms with Crippen LogP contribution in [-0.4, -0.2) is 10.1 Å². The number of aromatic nitrogens is 2. The number of hydrogen-bond donors (Lipinski definition) is 0. The highest BCUT2D eigenvalue weighted by atomic mass is 19.1. The van der Waals surface area contributed by atoms with E-state index >= 15 is 0 Å². The maximum atomic E-state index is 13.3. The van der Waals surface area contributed by atoms with Crippen LogP contribution in [0.25, 0.3) is 0 Å². The Morgan fingerprint density at radius 3 is 2.89 bits per heavy atom. The quantitative estimate of drug-likeness (QED) is 0.846. The van der Waals surface area contributed by atoms with Gasteiger partial charge in [0.1, 0.15) is 5.82 Å². The Bertz CT molecular complexity index is 613. The smallest absolute Gasteiger partial charge is 0.227 e. The van der Waals surface area contributed by atoms with Crippen molar-refractivity contribution in [2.75, 3.05) is 0 Å². The summed E-state index contributed by atoms with van der Waals surface area (Å²) in [5, 5.41) is 12.5. The molecule has 0 atom stereocenters. The van der Waals surface area contributed by atoms with Crippen LogP contribution >= 0.6 is 0 Å². The summed E-state index contributed by atoms with van der Waals surface area (Å²) in [5.41, 5.74) is 0.233. The van der Waals surface area contributed by atoms with Crippen molar-refractivity contribution >= 4 is 0 Å². The van der Waals surface area contributed by atoms with Crippen LogP contribution in [0.2, 0.25) is 0 Å². The van der Waals surface area contributed by atoms with E-state index in [1.807, 2.05) is 26.0 Å². The molecule has 0 unspecified atom stereocenters.